The average molecular weight is 240 g/mol. The summed E-state index contributed by atoms with van der Waals surface area (Å²) in [6, 6.07) is 1.89. The molecule has 0 amide bonds. The van der Waals surface area contributed by atoms with E-state index in [4.69, 9.17) is 17.3 Å². The van der Waals surface area contributed by atoms with Gasteiger partial charge in [-0.25, -0.2) is 4.98 Å². The van der Waals surface area contributed by atoms with E-state index in [9.17, 15) is 0 Å². The molecule has 0 aliphatic carbocycles. The van der Waals surface area contributed by atoms with Crippen molar-refractivity contribution >= 4 is 17.4 Å². The Morgan fingerprint density at radius 2 is 2.44 bits per heavy atom. The molecule has 2 N–H and O–H groups in total. The molecule has 0 saturated carbocycles. The first-order valence-electron chi connectivity index (χ1n) is 5.84. The Morgan fingerprint density at radius 1 is 1.62 bits per heavy atom. The van der Waals surface area contributed by atoms with Crippen LogP contribution in [0.25, 0.3) is 0 Å². The molecule has 0 radical (unpaired) electrons. The highest BCUT2D eigenvalue weighted by Crippen LogP contribution is 2.31. The average Bonchev–Trinajstić information content (AvgIpc) is 2.78. The number of nitrogens with two attached hydrogens (primary N) is 1. The number of nitrogens with zero attached hydrogens (tertiary/aromatic N) is 2. The first-order chi connectivity index (χ1) is 7.76. The van der Waals surface area contributed by atoms with E-state index in [1.807, 2.05) is 6.07 Å². The smallest absolute Gasteiger partial charge is 0.147 e. The number of hydrogen-bond acceptors (Lipinski definition) is 3. The van der Waals surface area contributed by atoms with E-state index in [1.54, 1.807) is 6.20 Å². The first kappa shape index (κ1) is 11.7. The van der Waals surface area contributed by atoms with Crippen LogP contribution in [0.5, 0.6) is 0 Å². The molecule has 2 rings (SSSR count). The Bertz CT molecular complexity index is 367. The van der Waals surface area contributed by atoms with Crippen LogP contribution in [-0.4, -0.2) is 18.1 Å². The van der Waals surface area contributed by atoms with Crippen molar-refractivity contribution in [3.05, 3.63) is 22.8 Å². The summed E-state index contributed by atoms with van der Waals surface area (Å²) < 4.78 is 0. The van der Waals surface area contributed by atoms with Crippen molar-refractivity contribution < 1.29 is 0 Å². The number of pyridine rings is 1. The topological polar surface area (TPSA) is 42.2 Å². The molecule has 4 heteroatoms. The molecule has 0 spiro atoms. The summed E-state index contributed by atoms with van der Waals surface area (Å²) in [5.41, 5.74) is 6.62. The van der Waals surface area contributed by atoms with Crippen LogP contribution in [0, 0.1) is 5.92 Å². The summed E-state index contributed by atoms with van der Waals surface area (Å²) in [6.45, 7) is 4.83. The molecular formula is C12H18ClN3. The van der Waals surface area contributed by atoms with Gasteiger partial charge >= 0.3 is 0 Å². The molecule has 1 aliphatic rings. The van der Waals surface area contributed by atoms with Crippen LogP contribution in [-0.2, 0) is 6.54 Å². The molecule has 1 fully saturated rings. The van der Waals surface area contributed by atoms with Crippen LogP contribution < -0.4 is 10.6 Å². The fourth-order valence-corrected chi connectivity index (χ4v) is 2.52. The Kier molecular flexibility index (Phi) is 3.66. The van der Waals surface area contributed by atoms with Gasteiger partial charge in [-0.05, 0) is 24.0 Å². The minimum absolute atomic E-state index is 0.472. The van der Waals surface area contributed by atoms with Gasteiger partial charge in [-0.15, -0.1) is 0 Å². The van der Waals surface area contributed by atoms with E-state index < -0.39 is 0 Å². The number of halogens is 1. The molecular weight excluding hydrogens is 222 g/mol. The number of hydrogen-bond donors (Lipinski definition) is 1. The van der Waals surface area contributed by atoms with Crippen molar-refractivity contribution in [2.45, 2.75) is 26.3 Å². The lowest BCUT2D eigenvalue weighted by atomic mass is 10.1. The SMILES string of the molecule is CCC1CCN(c2nccc(CN)c2Cl)C1. The molecule has 1 aromatic heterocycles. The lowest BCUT2D eigenvalue weighted by molar-refractivity contribution is 0.568. The van der Waals surface area contributed by atoms with Crippen molar-refractivity contribution in [3.63, 3.8) is 0 Å². The van der Waals surface area contributed by atoms with Gasteiger partial charge in [0.15, 0.2) is 0 Å². The van der Waals surface area contributed by atoms with Crippen LogP contribution in [0.2, 0.25) is 5.02 Å². The predicted octanol–water partition coefficient (Wildman–Crippen LogP) is 2.43. The summed E-state index contributed by atoms with van der Waals surface area (Å²) in [5, 5.41) is 0.724. The van der Waals surface area contributed by atoms with E-state index in [2.05, 4.69) is 16.8 Å². The molecule has 1 saturated heterocycles. The molecule has 0 bridgehead atoms. The highest BCUT2D eigenvalue weighted by molar-refractivity contribution is 6.33. The molecule has 2 heterocycles. The zero-order chi connectivity index (χ0) is 11.5. The van der Waals surface area contributed by atoms with Gasteiger partial charge in [-0.3, -0.25) is 0 Å². The zero-order valence-corrected chi connectivity index (χ0v) is 10.4. The van der Waals surface area contributed by atoms with Gasteiger partial charge in [-0.1, -0.05) is 24.9 Å². The second-order valence-electron chi connectivity index (χ2n) is 4.32. The van der Waals surface area contributed by atoms with Crippen LogP contribution in [0.15, 0.2) is 12.3 Å². The maximum atomic E-state index is 6.30. The fraction of sp³-hybridized carbons (Fsp3) is 0.583. The van der Waals surface area contributed by atoms with Gasteiger partial charge < -0.3 is 10.6 Å². The summed E-state index contributed by atoms with van der Waals surface area (Å²) in [4.78, 5) is 6.65. The van der Waals surface area contributed by atoms with Gasteiger partial charge in [0.25, 0.3) is 0 Å². The van der Waals surface area contributed by atoms with E-state index in [-0.39, 0.29) is 0 Å². The summed E-state index contributed by atoms with van der Waals surface area (Å²) >= 11 is 6.30. The van der Waals surface area contributed by atoms with Crippen LogP contribution in [0.1, 0.15) is 25.3 Å². The third-order valence-corrected chi connectivity index (χ3v) is 3.75. The maximum Gasteiger partial charge on any atom is 0.147 e. The van der Waals surface area contributed by atoms with E-state index in [0.29, 0.717) is 6.54 Å². The number of rotatable bonds is 3. The van der Waals surface area contributed by atoms with Gasteiger partial charge in [0.05, 0.1) is 5.02 Å². The second kappa shape index (κ2) is 5.02. The van der Waals surface area contributed by atoms with Crippen molar-refractivity contribution in [3.8, 4) is 0 Å². The fourth-order valence-electron chi connectivity index (χ4n) is 2.21. The van der Waals surface area contributed by atoms with Gasteiger partial charge in [0.1, 0.15) is 5.82 Å². The second-order valence-corrected chi connectivity index (χ2v) is 4.70. The summed E-state index contributed by atoms with van der Waals surface area (Å²) in [5.74, 6) is 1.68. The highest BCUT2D eigenvalue weighted by atomic mass is 35.5. The third-order valence-electron chi connectivity index (χ3n) is 3.33. The third kappa shape index (κ3) is 2.15. The Morgan fingerprint density at radius 3 is 3.06 bits per heavy atom. The van der Waals surface area contributed by atoms with Gasteiger partial charge in [0, 0.05) is 25.8 Å². The number of aromatic nitrogens is 1. The molecule has 1 aliphatic heterocycles. The van der Waals surface area contributed by atoms with E-state index >= 15 is 0 Å². The normalized spacial score (nSPS) is 20.4. The van der Waals surface area contributed by atoms with Gasteiger partial charge in [0.2, 0.25) is 0 Å². The van der Waals surface area contributed by atoms with Crippen LogP contribution >= 0.6 is 11.6 Å². The minimum Gasteiger partial charge on any atom is -0.355 e. The lowest BCUT2D eigenvalue weighted by Gasteiger charge is -2.19. The molecule has 88 valence electrons. The van der Waals surface area contributed by atoms with Crippen molar-refractivity contribution in [2.24, 2.45) is 11.7 Å². The quantitative estimate of drug-likeness (QED) is 0.881. The Hall–Kier alpha value is -0.800. The van der Waals surface area contributed by atoms with Gasteiger partial charge in [-0.2, -0.15) is 0 Å². The Labute approximate surface area is 102 Å². The van der Waals surface area contributed by atoms with Crippen LogP contribution in [0.4, 0.5) is 5.82 Å². The summed E-state index contributed by atoms with van der Waals surface area (Å²) in [7, 11) is 0. The monoisotopic (exact) mass is 239 g/mol. The largest absolute Gasteiger partial charge is 0.355 e. The number of anilines is 1. The van der Waals surface area contributed by atoms with E-state index in [1.165, 1.54) is 12.8 Å². The lowest BCUT2D eigenvalue weighted by Crippen LogP contribution is -2.21. The van der Waals surface area contributed by atoms with E-state index in [0.717, 1.165) is 35.4 Å². The maximum absolute atomic E-state index is 6.30. The molecule has 1 atom stereocenters. The van der Waals surface area contributed by atoms with Crippen molar-refractivity contribution in [1.82, 2.24) is 4.98 Å². The molecule has 1 unspecified atom stereocenters. The minimum atomic E-state index is 0.472. The van der Waals surface area contributed by atoms with Crippen molar-refractivity contribution in [1.29, 1.82) is 0 Å². The summed E-state index contributed by atoms with van der Waals surface area (Å²) in [6.07, 6.45) is 4.26. The molecule has 16 heavy (non-hydrogen) atoms. The zero-order valence-electron chi connectivity index (χ0n) is 9.62. The van der Waals surface area contributed by atoms with Crippen molar-refractivity contribution in [2.75, 3.05) is 18.0 Å². The Balaban J connectivity index is 2.21. The first-order valence-corrected chi connectivity index (χ1v) is 6.22. The molecule has 0 aromatic carbocycles. The standard InChI is InChI=1S/C12H18ClN3/c1-2-9-4-6-16(8-9)12-11(13)10(7-14)3-5-15-12/h3,5,9H,2,4,6-8,14H2,1H3. The molecule has 3 nitrogen and oxygen atoms in total. The highest BCUT2D eigenvalue weighted by Gasteiger charge is 2.24. The van der Waals surface area contributed by atoms with Crippen LogP contribution in [0.3, 0.4) is 0 Å². The molecule has 1 aromatic rings. The predicted molar refractivity (Wildman–Crippen MR) is 67.7 cm³/mol.